The van der Waals surface area contributed by atoms with Gasteiger partial charge in [0.2, 0.25) is 0 Å². The molecule has 25 heavy (non-hydrogen) atoms. The fraction of sp³-hybridized carbons (Fsp3) is 0.222. The summed E-state index contributed by atoms with van der Waals surface area (Å²) in [5.74, 6) is 1.19. The van der Waals surface area contributed by atoms with Gasteiger partial charge in [-0.1, -0.05) is 24.3 Å². The molecule has 7 heteroatoms. The Morgan fingerprint density at radius 2 is 2.08 bits per heavy atom. The molecule has 3 aromatic rings. The van der Waals surface area contributed by atoms with Crippen LogP contribution in [0.3, 0.4) is 0 Å². The number of rotatable bonds is 2. The van der Waals surface area contributed by atoms with E-state index in [0.29, 0.717) is 28.4 Å². The molecule has 128 valence electrons. The molecule has 0 spiro atoms. The van der Waals surface area contributed by atoms with Gasteiger partial charge in [-0.3, -0.25) is 0 Å². The Kier molecular flexibility index (Phi) is 3.77. The SMILES string of the molecule is Cc1nc2c(NC(=O)N[C@H]3c4ccccc4OC[C@H]3O)cccc2o1. The fourth-order valence-electron chi connectivity index (χ4n) is 2.98. The lowest BCUT2D eigenvalue weighted by molar-refractivity contribution is 0.0590. The normalized spacial score (nSPS) is 19.1. The number of aliphatic hydroxyl groups excluding tert-OH is 1. The Balaban J connectivity index is 1.56. The average Bonchev–Trinajstić information content (AvgIpc) is 2.99. The van der Waals surface area contributed by atoms with Gasteiger partial charge in [0.15, 0.2) is 11.5 Å². The number of hydrogen-bond donors (Lipinski definition) is 3. The van der Waals surface area contributed by atoms with Crippen LogP contribution >= 0.6 is 0 Å². The van der Waals surface area contributed by atoms with Gasteiger partial charge in [0.05, 0.1) is 11.7 Å². The summed E-state index contributed by atoms with van der Waals surface area (Å²) in [5, 5.41) is 15.8. The first-order valence-corrected chi connectivity index (χ1v) is 7.95. The predicted octanol–water partition coefficient (Wildman–Crippen LogP) is 2.75. The van der Waals surface area contributed by atoms with Crippen molar-refractivity contribution in [3.63, 3.8) is 0 Å². The van der Waals surface area contributed by atoms with Gasteiger partial charge in [-0.2, -0.15) is 0 Å². The predicted molar refractivity (Wildman–Crippen MR) is 91.6 cm³/mol. The van der Waals surface area contributed by atoms with E-state index in [1.807, 2.05) is 24.3 Å². The molecule has 0 saturated heterocycles. The van der Waals surface area contributed by atoms with Crippen LogP contribution in [-0.4, -0.2) is 28.8 Å². The number of hydrogen-bond acceptors (Lipinski definition) is 5. The number of carbonyl (C=O) groups excluding carboxylic acids is 1. The second kappa shape index (κ2) is 6.10. The molecule has 1 aliphatic rings. The third kappa shape index (κ3) is 2.89. The van der Waals surface area contributed by atoms with E-state index >= 15 is 0 Å². The van der Waals surface area contributed by atoms with Crippen molar-refractivity contribution in [1.82, 2.24) is 10.3 Å². The van der Waals surface area contributed by atoms with E-state index in [1.54, 1.807) is 25.1 Å². The number of nitrogens with one attached hydrogen (secondary N) is 2. The van der Waals surface area contributed by atoms with Crippen LogP contribution in [0.4, 0.5) is 10.5 Å². The summed E-state index contributed by atoms with van der Waals surface area (Å²) in [6.45, 7) is 1.87. The van der Waals surface area contributed by atoms with Crippen LogP contribution in [0.1, 0.15) is 17.5 Å². The Hall–Kier alpha value is -3.06. The van der Waals surface area contributed by atoms with Crippen molar-refractivity contribution >= 4 is 22.8 Å². The maximum atomic E-state index is 12.5. The highest BCUT2D eigenvalue weighted by Crippen LogP contribution is 2.32. The molecule has 2 aromatic carbocycles. The van der Waals surface area contributed by atoms with Crippen LogP contribution in [0, 0.1) is 6.92 Å². The van der Waals surface area contributed by atoms with Crippen LogP contribution in [0.5, 0.6) is 5.75 Å². The molecule has 0 bridgehead atoms. The molecule has 1 aromatic heterocycles. The minimum Gasteiger partial charge on any atom is -0.490 e. The van der Waals surface area contributed by atoms with E-state index in [0.717, 1.165) is 5.56 Å². The van der Waals surface area contributed by atoms with Crippen molar-refractivity contribution in [3.8, 4) is 5.75 Å². The third-order valence-electron chi connectivity index (χ3n) is 4.11. The minimum absolute atomic E-state index is 0.125. The zero-order chi connectivity index (χ0) is 17.4. The van der Waals surface area contributed by atoms with E-state index in [9.17, 15) is 9.90 Å². The van der Waals surface area contributed by atoms with E-state index in [4.69, 9.17) is 9.15 Å². The number of urea groups is 1. The van der Waals surface area contributed by atoms with E-state index in [-0.39, 0.29) is 6.61 Å². The number of aromatic nitrogens is 1. The number of ether oxygens (including phenoxy) is 1. The lowest BCUT2D eigenvalue weighted by Crippen LogP contribution is -2.43. The molecule has 3 N–H and O–H groups in total. The van der Waals surface area contributed by atoms with Crippen LogP contribution in [0.2, 0.25) is 0 Å². The molecule has 0 saturated carbocycles. The summed E-state index contributed by atoms with van der Waals surface area (Å²) in [6.07, 6.45) is -0.828. The maximum absolute atomic E-state index is 12.5. The molecule has 0 radical (unpaired) electrons. The van der Waals surface area contributed by atoms with Gasteiger partial charge in [0.25, 0.3) is 0 Å². The van der Waals surface area contributed by atoms with Crippen molar-refractivity contribution in [2.24, 2.45) is 0 Å². The van der Waals surface area contributed by atoms with Gasteiger partial charge in [-0.25, -0.2) is 9.78 Å². The molecule has 7 nitrogen and oxygen atoms in total. The van der Waals surface area contributed by atoms with Crippen molar-refractivity contribution in [1.29, 1.82) is 0 Å². The second-order valence-corrected chi connectivity index (χ2v) is 5.88. The largest absolute Gasteiger partial charge is 0.490 e. The summed E-state index contributed by atoms with van der Waals surface area (Å²) in [5.41, 5.74) is 2.48. The number of anilines is 1. The molecule has 1 aliphatic heterocycles. The molecular weight excluding hydrogens is 322 g/mol. The molecule has 2 atom stereocenters. The zero-order valence-corrected chi connectivity index (χ0v) is 13.5. The summed E-state index contributed by atoms with van der Waals surface area (Å²) in [6, 6.07) is 11.7. The highest BCUT2D eigenvalue weighted by molar-refractivity contribution is 5.98. The standard InChI is InChI=1S/C18H17N3O4/c1-10-19-17-12(6-4-8-15(17)25-10)20-18(23)21-16-11-5-2-3-7-14(11)24-9-13(16)22/h2-8,13,16,22H,9H2,1H3,(H2,20,21,23)/t13-,16+/m1/s1. The zero-order valence-electron chi connectivity index (χ0n) is 13.5. The van der Waals surface area contributed by atoms with Gasteiger partial charge in [0.1, 0.15) is 24.0 Å². The Morgan fingerprint density at radius 3 is 2.96 bits per heavy atom. The molecule has 0 unspecified atom stereocenters. The quantitative estimate of drug-likeness (QED) is 0.667. The van der Waals surface area contributed by atoms with Gasteiger partial charge < -0.3 is 24.9 Å². The number of oxazole rings is 1. The highest BCUT2D eigenvalue weighted by atomic mass is 16.5. The fourth-order valence-corrected chi connectivity index (χ4v) is 2.98. The number of aliphatic hydroxyl groups is 1. The molecule has 0 fully saturated rings. The Labute approximate surface area is 143 Å². The van der Waals surface area contributed by atoms with Crippen LogP contribution in [0.25, 0.3) is 11.1 Å². The molecular formula is C18H17N3O4. The van der Waals surface area contributed by atoms with Crippen molar-refractivity contribution in [3.05, 3.63) is 53.9 Å². The van der Waals surface area contributed by atoms with Crippen molar-refractivity contribution in [2.75, 3.05) is 11.9 Å². The first-order valence-electron chi connectivity index (χ1n) is 7.95. The number of amides is 2. The number of fused-ring (bicyclic) bond motifs is 2. The Bertz CT molecular complexity index is 937. The maximum Gasteiger partial charge on any atom is 0.319 e. The number of para-hydroxylation sites is 2. The molecule has 2 amide bonds. The first-order chi connectivity index (χ1) is 12.1. The number of benzene rings is 2. The van der Waals surface area contributed by atoms with Gasteiger partial charge in [-0.15, -0.1) is 0 Å². The second-order valence-electron chi connectivity index (χ2n) is 5.88. The van der Waals surface area contributed by atoms with Crippen LogP contribution in [0.15, 0.2) is 46.9 Å². The number of aryl methyl sites for hydroxylation is 1. The minimum atomic E-state index is -0.828. The van der Waals surface area contributed by atoms with Crippen LogP contribution in [-0.2, 0) is 0 Å². The summed E-state index contributed by atoms with van der Waals surface area (Å²) < 4.78 is 10.9. The van der Waals surface area contributed by atoms with Crippen molar-refractivity contribution < 1.29 is 19.1 Å². The number of nitrogens with zero attached hydrogens (tertiary/aromatic N) is 1. The molecule has 2 heterocycles. The molecule has 4 rings (SSSR count). The lowest BCUT2D eigenvalue weighted by Gasteiger charge is -2.31. The number of carbonyl (C=O) groups is 1. The topological polar surface area (TPSA) is 96.6 Å². The van der Waals surface area contributed by atoms with Gasteiger partial charge in [0, 0.05) is 12.5 Å². The highest BCUT2D eigenvalue weighted by Gasteiger charge is 2.30. The summed E-state index contributed by atoms with van der Waals surface area (Å²) in [7, 11) is 0. The van der Waals surface area contributed by atoms with Crippen molar-refractivity contribution in [2.45, 2.75) is 19.1 Å². The summed E-state index contributed by atoms with van der Waals surface area (Å²) >= 11 is 0. The summed E-state index contributed by atoms with van der Waals surface area (Å²) in [4.78, 5) is 16.7. The lowest BCUT2D eigenvalue weighted by atomic mass is 9.98. The van der Waals surface area contributed by atoms with Gasteiger partial charge in [-0.05, 0) is 18.2 Å². The van der Waals surface area contributed by atoms with E-state index in [2.05, 4.69) is 15.6 Å². The van der Waals surface area contributed by atoms with E-state index < -0.39 is 18.2 Å². The van der Waals surface area contributed by atoms with Crippen LogP contribution < -0.4 is 15.4 Å². The van der Waals surface area contributed by atoms with Gasteiger partial charge >= 0.3 is 6.03 Å². The Morgan fingerprint density at radius 1 is 1.24 bits per heavy atom. The monoisotopic (exact) mass is 339 g/mol. The average molecular weight is 339 g/mol. The van der Waals surface area contributed by atoms with E-state index in [1.165, 1.54) is 0 Å². The molecule has 0 aliphatic carbocycles. The first kappa shape index (κ1) is 15.5. The smallest absolute Gasteiger partial charge is 0.319 e. The third-order valence-corrected chi connectivity index (χ3v) is 4.11.